The van der Waals surface area contributed by atoms with E-state index in [9.17, 15) is 18.0 Å². The molecule has 0 aromatic rings. The molecule has 1 aliphatic heterocycles. The molecule has 0 atom stereocenters. The normalized spacial score (nSPS) is 20.2. The summed E-state index contributed by atoms with van der Waals surface area (Å²) < 4.78 is 26.1. The summed E-state index contributed by atoms with van der Waals surface area (Å²) >= 11 is 0. The lowest BCUT2D eigenvalue weighted by atomic mass is 9.95. The molecule has 8 heteroatoms. The van der Waals surface area contributed by atoms with Crippen molar-refractivity contribution in [1.29, 1.82) is 0 Å². The minimum Gasteiger partial charge on any atom is -0.354 e. The van der Waals surface area contributed by atoms with Crippen molar-refractivity contribution in [1.82, 2.24) is 14.9 Å². The third-order valence-electron chi connectivity index (χ3n) is 6.00. The van der Waals surface area contributed by atoms with Crippen molar-refractivity contribution in [2.75, 3.05) is 25.4 Å². The van der Waals surface area contributed by atoms with Gasteiger partial charge < -0.3 is 10.6 Å². The zero-order valence-corrected chi connectivity index (χ0v) is 18.4. The van der Waals surface area contributed by atoms with Crippen LogP contribution in [0.4, 0.5) is 0 Å². The van der Waals surface area contributed by atoms with E-state index in [4.69, 9.17) is 0 Å². The van der Waals surface area contributed by atoms with Gasteiger partial charge in [0.2, 0.25) is 21.8 Å². The second-order valence-electron chi connectivity index (χ2n) is 8.82. The summed E-state index contributed by atoms with van der Waals surface area (Å²) in [6.45, 7) is 6.83. The Morgan fingerprint density at radius 1 is 1.07 bits per heavy atom. The molecule has 162 valence electrons. The maximum absolute atomic E-state index is 12.6. The summed E-state index contributed by atoms with van der Waals surface area (Å²) in [7, 11) is -3.22. The summed E-state index contributed by atoms with van der Waals surface area (Å²) in [4.78, 5) is 25.2. The molecule has 2 aliphatic rings. The summed E-state index contributed by atoms with van der Waals surface area (Å²) in [6, 6.07) is 0. The van der Waals surface area contributed by atoms with E-state index in [0.29, 0.717) is 44.8 Å². The van der Waals surface area contributed by atoms with Gasteiger partial charge in [-0.2, -0.15) is 0 Å². The second kappa shape index (κ2) is 10.1. The molecule has 0 unspecified atom stereocenters. The minimum atomic E-state index is -3.22. The largest absolute Gasteiger partial charge is 0.354 e. The molecular weight excluding hydrogens is 378 g/mol. The van der Waals surface area contributed by atoms with Crippen molar-refractivity contribution in [2.24, 2.45) is 11.8 Å². The van der Waals surface area contributed by atoms with E-state index < -0.39 is 15.6 Å². The van der Waals surface area contributed by atoms with Crippen LogP contribution < -0.4 is 10.6 Å². The Kier molecular flexibility index (Phi) is 8.30. The molecule has 1 saturated carbocycles. The van der Waals surface area contributed by atoms with Crippen molar-refractivity contribution in [3.05, 3.63) is 0 Å². The third-order valence-corrected chi connectivity index (χ3v) is 7.96. The van der Waals surface area contributed by atoms with E-state index in [1.807, 2.05) is 6.92 Å². The number of carbonyl (C=O) groups is 2. The first-order chi connectivity index (χ1) is 13.2. The molecule has 2 amide bonds. The fourth-order valence-corrected chi connectivity index (χ4v) is 5.67. The molecule has 0 bridgehead atoms. The number of nitrogens with one attached hydrogen (secondary N) is 2. The van der Waals surface area contributed by atoms with E-state index in [1.54, 1.807) is 13.8 Å². The van der Waals surface area contributed by atoms with Gasteiger partial charge in [-0.1, -0.05) is 26.2 Å². The zero-order chi connectivity index (χ0) is 20.8. The van der Waals surface area contributed by atoms with Gasteiger partial charge in [-0.25, -0.2) is 12.7 Å². The Labute approximate surface area is 170 Å². The Hall–Kier alpha value is -1.15. The molecule has 1 saturated heterocycles. The number of carbonyl (C=O) groups excluding carboxylic acids is 2. The molecule has 0 radical (unpaired) electrons. The van der Waals surface area contributed by atoms with Crippen LogP contribution in [0.1, 0.15) is 72.1 Å². The molecule has 2 N–H and O–H groups in total. The fourth-order valence-electron chi connectivity index (χ4n) is 3.99. The number of sulfonamides is 1. The Morgan fingerprint density at radius 3 is 2.25 bits per heavy atom. The van der Waals surface area contributed by atoms with Gasteiger partial charge in [0.25, 0.3) is 0 Å². The van der Waals surface area contributed by atoms with Crippen LogP contribution in [-0.2, 0) is 19.6 Å². The van der Waals surface area contributed by atoms with Gasteiger partial charge in [0.05, 0.1) is 5.75 Å². The number of rotatable bonds is 9. The van der Waals surface area contributed by atoms with E-state index in [1.165, 1.54) is 17.1 Å². The number of unbranched alkanes of at least 4 members (excludes halogenated alkanes) is 1. The van der Waals surface area contributed by atoms with E-state index in [2.05, 4.69) is 10.6 Å². The van der Waals surface area contributed by atoms with Gasteiger partial charge in [0, 0.05) is 25.6 Å². The standard InChI is InChI=1S/C20H37N3O4S/c1-4-5-14-28(26,27)23-12-10-17(11-13-23)18(24)22-20(2,3)19(25)21-15-16-8-6-7-9-16/h16-17H,4-15H2,1-3H3,(H,21,25)(H,22,24). The number of hydrogen-bond acceptors (Lipinski definition) is 4. The van der Waals surface area contributed by atoms with Gasteiger partial charge in [-0.15, -0.1) is 0 Å². The lowest BCUT2D eigenvalue weighted by Gasteiger charge is -2.33. The average Bonchev–Trinajstić information content (AvgIpc) is 3.17. The lowest BCUT2D eigenvalue weighted by Crippen LogP contribution is -2.57. The summed E-state index contributed by atoms with van der Waals surface area (Å²) in [5.74, 6) is 0.155. The summed E-state index contributed by atoms with van der Waals surface area (Å²) in [5.41, 5.74) is -0.972. The highest BCUT2D eigenvalue weighted by Crippen LogP contribution is 2.24. The predicted octanol–water partition coefficient (Wildman–Crippen LogP) is 2.03. The van der Waals surface area contributed by atoms with E-state index >= 15 is 0 Å². The maximum atomic E-state index is 12.6. The van der Waals surface area contributed by atoms with Crippen LogP contribution in [0.5, 0.6) is 0 Å². The molecule has 1 aliphatic carbocycles. The fraction of sp³-hybridized carbons (Fsp3) is 0.900. The van der Waals surface area contributed by atoms with Gasteiger partial charge in [-0.05, 0) is 51.9 Å². The summed E-state index contributed by atoms with van der Waals surface area (Å²) in [6.07, 6.45) is 7.28. The predicted molar refractivity (Wildman–Crippen MR) is 110 cm³/mol. The quantitative estimate of drug-likeness (QED) is 0.602. The molecule has 28 heavy (non-hydrogen) atoms. The number of nitrogens with zero attached hydrogens (tertiary/aromatic N) is 1. The van der Waals surface area contributed by atoms with Gasteiger partial charge in [0.1, 0.15) is 5.54 Å². The topological polar surface area (TPSA) is 95.6 Å². The van der Waals surface area contributed by atoms with Crippen LogP contribution in [0.2, 0.25) is 0 Å². The molecule has 7 nitrogen and oxygen atoms in total. The third kappa shape index (κ3) is 6.44. The highest BCUT2D eigenvalue weighted by molar-refractivity contribution is 7.89. The SMILES string of the molecule is CCCCS(=O)(=O)N1CCC(C(=O)NC(C)(C)C(=O)NCC2CCCC2)CC1. The molecule has 0 aromatic heterocycles. The molecule has 1 heterocycles. The van der Waals surface area contributed by atoms with Crippen molar-refractivity contribution < 1.29 is 18.0 Å². The summed E-state index contributed by atoms with van der Waals surface area (Å²) in [5, 5.41) is 5.85. The van der Waals surface area contributed by atoms with Crippen molar-refractivity contribution in [3.63, 3.8) is 0 Å². The van der Waals surface area contributed by atoms with Crippen molar-refractivity contribution in [3.8, 4) is 0 Å². The Bertz CT molecular complexity index is 634. The highest BCUT2D eigenvalue weighted by atomic mass is 32.2. The van der Waals surface area contributed by atoms with E-state index in [-0.39, 0.29) is 23.5 Å². The number of piperidine rings is 1. The van der Waals surface area contributed by atoms with Crippen LogP contribution in [0.15, 0.2) is 0 Å². The monoisotopic (exact) mass is 415 g/mol. The molecule has 2 fully saturated rings. The maximum Gasteiger partial charge on any atom is 0.245 e. The van der Waals surface area contributed by atoms with Gasteiger partial charge in [0.15, 0.2) is 0 Å². The highest BCUT2D eigenvalue weighted by Gasteiger charge is 2.35. The number of hydrogen-bond donors (Lipinski definition) is 2. The van der Waals surface area contributed by atoms with E-state index in [0.717, 1.165) is 19.3 Å². The first-order valence-electron chi connectivity index (χ1n) is 10.7. The van der Waals surface area contributed by atoms with Crippen LogP contribution in [0.25, 0.3) is 0 Å². The van der Waals surface area contributed by atoms with Gasteiger partial charge in [-0.3, -0.25) is 9.59 Å². The minimum absolute atomic E-state index is 0.160. The molecule has 2 rings (SSSR count). The Balaban J connectivity index is 1.79. The molecule has 0 spiro atoms. The van der Waals surface area contributed by atoms with Crippen LogP contribution in [0, 0.1) is 11.8 Å². The molecular formula is C20H37N3O4S. The Morgan fingerprint density at radius 2 is 1.68 bits per heavy atom. The zero-order valence-electron chi connectivity index (χ0n) is 17.6. The van der Waals surface area contributed by atoms with Gasteiger partial charge >= 0.3 is 0 Å². The van der Waals surface area contributed by atoms with Crippen molar-refractivity contribution >= 4 is 21.8 Å². The first-order valence-corrected chi connectivity index (χ1v) is 12.3. The average molecular weight is 416 g/mol. The first kappa shape index (κ1) is 23.1. The van der Waals surface area contributed by atoms with Crippen LogP contribution in [0.3, 0.4) is 0 Å². The van der Waals surface area contributed by atoms with Crippen molar-refractivity contribution in [2.45, 2.75) is 77.7 Å². The molecule has 0 aromatic carbocycles. The smallest absolute Gasteiger partial charge is 0.245 e. The second-order valence-corrected chi connectivity index (χ2v) is 10.9. The van der Waals surface area contributed by atoms with Crippen LogP contribution in [-0.4, -0.2) is 55.5 Å². The van der Waals surface area contributed by atoms with Crippen LogP contribution >= 0.6 is 0 Å². The lowest BCUT2D eigenvalue weighted by molar-refractivity contribution is -0.135. The number of amides is 2.